The van der Waals surface area contributed by atoms with Gasteiger partial charge in [0.1, 0.15) is 0 Å². The molecule has 29 heavy (non-hydrogen) atoms. The van der Waals surface area contributed by atoms with Gasteiger partial charge in [-0.05, 0) is 23.6 Å². The van der Waals surface area contributed by atoms with Crippen LogP contribution in [0.25, 0.3) is 10.9 Å². The third kappa shape index (κ3) is 4.96. The van der Waals surface area contributed by atoms with Crippen LogP contribution in [0.2, 0.25) is 0 Å². The molecule has 3 aromatic rings. The second-order valence-corrected chi connectivity index (χ2v) is 7.32. The minimum absolute atomic E-state index is 0.126. The van der Waals surface area contributed by atoms with E-state index < -0.39 is 0 Å². The first-order valence-corrected chi connectivity index (χ1v) is 10.2. The summed E-state index contributed by atoms with van der Waals surface area (Å²) in [6.07, 6.45) is 2.82. The lowest BCUT2D eigenvalue weighted by atomic mass is 10.0. The summed E-state index contributed by atoms with van der Waals surface area (Å²) in [6.45, 7) is 4.40. The number of hydrogen-bond donors (Lipinski definition) is 3. The molecule has 0 radical (unpaired) electrons. The van der Waals surface area contributed by atoms with E-state index in [0.717, 1.165) is 38.2 Å². The van der Waals surface area contributed by atoms with Gasteiger partial charge in [0.2, 0.25) is 0 Å². The largest absolute Gasteiger partial charge is 0.379 e. The summed E-state index contributed by atoms with van der Waals surface area (Å²) in [7, 11) is 0. The fourth-order valence-corrected chi connectivity index (χ4v) is 3.92. The number of nitrogens with zero attached hydrogens (tertiary/aromatic N) is 1. The summed E-state index contributed by atoms with van der Waals surface area (Å²) in [5.74, 6) is 0. The lowest BCUT2D eigenvalue weighted by Gasteiger charge is -2.34. The molecule has 3 N–H and O–H groups in total. The van der Waals surface area contributed by atoms with Crippen LogP contribution >= 0.6 is 0 Å². The summed E-state index contributed by atoms with van der Waals surface area (Å²) in [5.41, 5.74) is 3.56. The summed E-state index contributed by atoms with van der Waals surface area (Å²) in [5, 5.41) is 7.26. The highest BCUT2D eigenvalue weighted by Gasteiger charge is 2.23. The zero-order valence-corrected chi connectivity index (χ0v) is 16.6. The minimum Gasteiger partial charge on any atom is -0.379 e. The molecule has 1 aliphatic rings. The van der Waals surface area contributed by atoms with Crippen LogP contribution in [0.15, 0.2) is 60.8 Å². The Balaban J connectivity index is 1.29. The van der Waals surface area contributed by atoms with Crippen LogP contribution in [-0.2, 0) is 11.2 Å². The van der Waals surface area contributed by atoms with E-state index in [9.17, 15) is 4.79 Å². The average Bonchev–Trinajstić information content (AvgIpc) is 3.19. The van der Waals surface area contributed by atoms with E-state index in [1.807, 2.05) is 36.5 Å². The predicted octanol–water partition coefficient (Wildman–Crippen LogP) is 3.08. The van der Waals surface area contributed by atoms with Crippen molar-refractivity contribution in [2.45, 2.75) is 12.5 Å². The van der Waals surface area contributed by atoms with Crippen LogP contribution in [0.5, 0.6) is 0 Å². The van der Waals surface area contributed by atoms with Crippen molar-refractivity contribution in [3.8, 4) is 0 Å². The molecule has 1 atom stereocenters. The van der Waals surface area contributed by atoms with Gasteiger partial charge in [-0.2, -0.15) is 0 Å². The second kappa shape index (κ2) is 9.58. The molecule has 2 aromatic carbocycles. The Morgan fingerprint density at radius 1 is 1.03 bits per heavy atom. The molecule has 1 fully saturated rings. The molecule has 1 unspecified atom stereocenters. The molecule has 0 spiro atoms. The quantitative estimate of drug-likeness (QED) is 0.579. The van der Waals surface area contributed by atoms with Crippen molar-refractivity contribution in [2.24, 2.45) is 0 Å². The zero-order valence-electron chi connectivity index (χ0n) is 16.6. The molecule has 2 amide bonds. The van der Waals surface area contributed by atoms with E-state index in [1.165, 1.54) is 16.5 Å². The third-order valence-electron chi connectivity index (χ3n) is 5.48. The van der Waals surface area contributed by atoms with Crippen molar-refractivity contribution >= 4 is 16.9 Å². The number of aromatic amines is 1. The van der Waals surface area contributed by atoms with Gasteiger partial charge in [0.15, 0.2) is 0 Å². The molecule has 2 heterocycles. The van der Waals surface area contributed by atoms with Gasteiger partial charge in [-0.1, -0.05) is 48.5 Å². The molecular weight excluding hydrogens is 364 g/mol. The van der Waals surface area contributed by atoms with Crippen molar-refractivity contribution in [2.75, 3.05) is 39.4 Å². The van der Waals surface area contributed by atoms with Gasteiger partial charge in [0.05, 0.1) is 19.3 Å². The Morgan fingerprint density at radius 3 is 2.62 bits per heavy atom. The van der Waals surface area contributed by atoms with Crippen LogP contribution in [-0.4, -0.2) is 55.3 Å². The maximum Gasteiger partial charge on any atom is 0.314 e. The number of morpholine rings is 1. The van der Waals surface area contributed by atoms with Gasteiger partial charge in [-0.15, -0.1) is 0 Å². The zero-order chi connectivity index (χ0) is 19.9. The van der Waals surface area contributed by atoms with Gasteiger partial charge in [0, 0.05) is 43.3 Å². The Labute approximate surface area is 171 Å². The van der Waals surface area contributed by atoms with E-state index in [-0.39, 0.29) is 12.1 Å². The number of carbonyl (C=O) groups is 1. The van der Waals surface area contributed by atoms with Crippen molar-refractivity contribution in [1.82, 2.24) is 20.5 Å². The highest BCUT2D eigenvalue weighted by atomic mass is 16.5. The van der Waals surface area contributed by atoms with Crippen LogP contribution in [0.1, 0.15) is 17.2 Å². The highest BCUT2D eigenvalue weighted by Crippen LogP contribution is 2.21. The smallest absolute Gasteiger partial charge is 0.314 e. The van der Waals surface area contributed by atoms with Gasteiger partial charge in [0.25, 0.3) is 0 Å². The van der Waals surface area contributed by atoms with Crippen molar-refractivity contribution in [3.63, 3.8) is 0 Å². The first kappa shape index (κ1) is 19.5. The Hall–Kier alpha value is -2.83. The summed E-state index contributed by atoms with van der Waals surface area (Å²) in [4.78, 5) is 18.0. The first-order valence-electron chi connectivity index (χ1n) is 10.2. The molecule has 0 bridgehead atoms. The normalized spacial score (nSPS) is 15.9. The molecule has 4 rings (SSSR count). The molecule has 6 heteroatoms. The van der Waals surface area contributed by atoms with Gasteiger partial charge >= 0.3 is 6.03 Å². The number of aromatic nitrogens is 1. The lowest BCUT2D eigenvalue weighted by molar-refractivity contribution is 0.0167. The van der Waals surface area contributed by atoms with Gasteiger partial charge in [-0.3, -0.25) is 4.90 Å². The molecule has 0 aliphatic carbocycles. The average molecular weight is 393 g/mol. The SMILES string of the molecule is O=C(NCCc1c[nH]c2ccccc12)NCC(c1ccccc1)N1CCOCC1. The number of fused-ring (bicyclic) bond motifs is 1. The van der Waals surface area contributed by atoms with E-state index in [1.54, 1.807) is 0 Å². The Morgan fingerprint density at radius 2 is 1.79 bits per heavy atom. The Bertz CT molecular complexity index is 919. The monoisotopic (exact) mass is 392 g/mol. The molecule has 1 aliphatic heterocycles. The number of amides is 2. The van der Waals surface area contributed by atoms with Gasteiger partial charge in [-0.25, -0.2) is 4.79 Å². The number of benzene rings is 2. The molecule has 1 aromatic heterocycles. The summed E-state index contributed by atoms with van der Waals surface area (Å²) < 4.78 is 5.49. The number of H-pyrrole nitrogens is 1. The lowest BCUT2D eigenvalue weighted by Crippen LogP contribution is -2.46. The van der Waals surface area contributed by atoms with Crippen LogP contribution in [0, 0.1) is 0 Å². The molecule has 1 saturated heterocycles. The third-order valence-corrected chi connectivity index (χ3v) is 5.48. The van der Waals surface area contributed by atoms with E-state index in [4.69, 9.17) is 4.74 Å². The van der Waals surface area contributed by atoms with E-state index in [0.29, 0.717) is 13.1 Å². The van der Waals surface area contributed by atoms with Crippen LogP contribution in [0.4, 0.5) is 4.79 Å². The Kier molecular flexibility index (Phi) is 6.44. The number of carbonyl (C=O) groups excluding carboxylic acids is 1. The van der Waals surface area contributed by atoms with Crippen molar-refractivity contribution in [1.29, 1.82) is 0 Å². The van der Waals surface area contributed by atoms with Crippen LogP contribution < -0.4 is 10.6 Å². The van der Waals surface area contributed by atoms with Crippen molar-refractivity contribution < 1.29 is 9.53 Å². The van der Waals surface area contributed by atoms with E-state index in [2.05, 4.69) is 44.8 Å². The summed E-state index contributed by atoms with van der Waals surface area (Å²) >= 11 is 0. The number of para-hydroxylation sites is 1. The fourth-order valence-electron chi connectivity index (χ4n) is 3.92. The molecule has 0 saturated carbocycles. The van der Waals surface area contributed by atoms with Gasteiger partial charge < -0.3 is 20.4 Å². The molecular formula is C23H28N4O2. The second-order valence-electron chi connectivity index (χ2n) is 7.32. The number of urea groups is 1. The molecule has 152 valence electrons. The fraction of sp³-hybridized carbons (Fsp3) is 0.348. The topological polar surface area (TPSA) is 69.4 Å². The predicted molar refractivity (Wildman–Crippen MR) is 115 cm³/mol. The summed E-state index contributed by atoms with van der Waals surface area (Å²) in [6, 6.07) is 18.6. The first-order chi connectivity index (χ1) is 14.3. The number of ether oxygens (including phenoxy) is 1. The highest BCUT2D eigenvalue weighted by molar-refractivity contribution is 5.83. The molecule has 6 nitrogen and oxygen atoms in total. The maximum atomic E-state index is 12.4. The number of hydrogen-bond acceptors (Lipinski definition) is 3. The maximum absolute atomic E-state index is 12.4. The van der Waals surface area contributed by atoms with E-state index >= 15 is 0 Å². The van der Waals surface area contributed by atoms with Crippen molar-refractivity contribution in [3.05, 3.63) is 71.9 Å². The standard InChI is InChI=1S/C23H28N4O2/c28-23(24-11-10-19-16-25-21-9-5-4-8-20(19)21)26-17-22(18-6-2-1-3-7-18)27-12-14-29-15-13-27/h1-9,16,22,25H,10-15,17H2,(H2,24,26,28). The number of nitrogens with one attached hydrogen (secondary N) is 3. The minimum atomic E-state index is -0.126. The van der Waals surface area contributed by atoms with Crippen LogP contribution in [0.3, 0.4) is 0 Å². The number of rotatable bonds is 7.